The second-order valence-electron chi connectivity index (χ2n) is 5.10. The number of carbonyl (C=O) groups excluding carboxylic acids is 2. The molecule has 0 bridgehead atoms. The van der Waals surface area contributed by atoms with Crippen molar-refractivity contribution in [1.82, 2.24) is 15.1 Å². The van der Waals surface area contributed by atoms with Crippen molar-refractivity contribution in [2.45, 2.75) is 32.2 Å². The third-order valence-corrected chi connectivity index (χ3v) is 3.99. The van der Waals surface area contributed by atoms with Crippen molar-refractivity contribution in [1.29, 1.82) is 0 Å². The van der Waals surface area contributed by atoms with E-state index in [0.29, 0.717) is 32.5 Å². The third kappa shape index (κ3) is 3.91. The van der Waals surface area contributed by atoms with Gasteiger partial charge in [0.2, 0.25) is 11.8 Å². The summed E-state index contributed by atoms with van der Waals surface area (Å²) in [5, 5.41) is 2.61. The number of nitrogens with zero attached hydrogens (tertiary/aromatic N) is 2. The highest BCUT2D eigenvalue weighted by Crippen LogP contribution is 2.16. The van der Waals surface area contributed by atoms with Crippen LogP contribution in [0.4, 0.5) is 0 Å². The Labute approximate surface area is 115 Å². The topological polar surface area (TPSA) is 78.7 Å². The molecule has 0 aromatic heterocycles. The Kier molecular flexibility index (Phi) is 5.75. The maximum absolute atomic E-state index is 12.4. The molecule has 110 valence electrons. The number of nitrogens with two attached hydrogens (primary N) is 1. The molecule has 2 amide bonds. The standard InChI is InChI=1S/C13H26N4O2/c1-4-13(14,5-2)12(19)17-8-6-16(7-9-17)10-11(18)15-3/h4-10,14H2,1-3H3,(H,15,18). The molecule has 0 aromatic carbocycles. The number of rotatable bonds is 5. The molecule has 1 aliphatic rings. The van der Waals surface area contributed by atoms with Crippen LogP contribution in [0.2, 0.25) is 0 Å². The molecular weight excluding hydrogens is 244 g/mol. The first-order valence-corrected chi connectivity index (χ1v) is 6.98. The quantitative estimate of drug-likeness (QED) is 0.699. The van der Waals surface area contributed by atoms with E-state index in [-0.39, 0.29) is 11.8 Å². The first-order valence-electron chi connectivity index (χ1n) is 6.98. The van der Waals surface area contributed by atoms with Gasteiger partial charge in [0.05, 0.1) is 12.1 Å². The predicted molar refractivity (Wildman–Crippen MR) is 74.6 cm³/mol. The van der Waals surface area contributed by atoms with Crippen LogP contribution in [0.3, 0.4) is 0 Å². The fourth-order valence-corrected chi connectivity index (χ4v) is 2.26. The zero-order chi connectivity index (χ0) is 14.5. The molecule has 1 heterocycles. The minimum absolute atomic E-state index is 0.00932. The molecule has 1 saturated heterocycles. The highest BCUT2D eigenvalue weighted by Gasteiger charge is 2.35. The molecule has 0 saturated carbocycles. The molecule has 0 aliphatic carbocycles. The average Bonchev–Trinajstić information content (AvgIpc) is 2.46. The summed E-state index contributed by atoms with van der Waals surface area (Å²) < 4.78 is 0. The summed E-state index contributed by atoms with van der Waals surface area (Å²) >= 11 is 0. The van der Waals surface area contributed by atoms with E-state index in [1.165, 1.54) is 0 Å². The van der Waals surface area contributed by atoms with Crippen molar-refractivity contribution < 1.29 is 9.59 Å². The number of piperazine rings is 1. The van der Waals surface area contributed by atoms with E-state index in [0.717, 1.165) is 13.1 Å². The minimum atomic E-state index is -0.733. The van der Waals surface area contributed by atoms with Crippen LogP contribution in [0.15, 0.2) is 0 Å². The van der Waals surface area contributed by atoms with E-state index < -0.39 is 5.54 Å². The van der Waals surface area contributed by atoms with Crippen molar-refractivity contribution in [3.8, 4) is 0 Å². The maximum atomic E-state index is 12.4. The van der Waals surface area contributed by atoms with Crippen molar-refractivity contribution in [2.24, 2.45) is 5.73 Å². The van der Waals surface area contributed by atoms with Gasteiger partial charge in [-0.3, -0.25) is 14.5 Å². The van der Waals surface area contributed by atoms with E-state index in [1.54, 1.807) is 7.05 Å². The van der Waals surface area contributed by atoms with Gasteiger partial charge in [-0.15, -0.1) is 0 Å². The van der Waals surface area contributed by atoms with Gasteiger partial charge in [0, 0.05) is 33.2 Å². The highest BCUT2D eigenvalue weighted by atomic mass is 16.2. The van der Waals surface area contributed by atoms with Gasteiger partial charge in [0.25, 0.3) is 0 Å². The summed E-state index contributed by atoms with van der Waals surface area (Å²) in [6.45, 7) is 7.04. The van der Waals surface area contributed by atoms with Gasteiger partial charge < -0.3 is 16.0 Å². The fraction of sp³-hybridized carbons (Fsp3) is 0.846. The maximum Gasteiger partial charge on any atom is 0.242 e. The van der Waals surface area contributed by atoms with Gasteiger partial charge in [0.15, 0.2) is 0 Å². The largest absolute Gasteiger partial charge is 0.358 e. The van der Waals surface area contributed by atoms with Gasteiger partial charge in [-0.05, 0) is 12.8 Å². The molecule has 1 rings (SSSR count). The second kappa shape index (κ2) is 6.86. The molecule has 6 nitrogen and oxygen atoms in total. The molecule has 6 heteroatoms. The lowest BCUT2D eigenvalue weighted by Crippen LogP contribution is -2.59. The minimum Gasteiger partial charge on any atom is -0.358 e. The Balaban J connectivity index is 2.49. The van der Waals surface area contributed by atoms with E-state index in [4.69, 9.17) is 5.73 Å². The van der Waals surface area contributed by atoms with Crippen LogP contribution in [0.5, 0.6) is 0 Å². The Bertz CT molecular complexity index is 321. The Morgan fingerprint density at radius 1 is 1.16 bits per heavy atom. The van der Waals surface area contributed by atoms with Gasteiger partial charge in [-0.25, -0.2) is 0 Å². The summed E-state index contributed by atoms with van der Waals surface area (Å²) in [6, 6.07) is 0. The number of hydrogen-bond acceptors (Lipinski definition) is 4. The van der Waals surface area contributed by atoms with E-state index in [2.05, 4.69) is 10.2 Å². The summed E-state index contributed by atoms with van der Waals surface area (Å²) in [5.41, 5.74) is 5.41. The van der Waals surface area contributed by atoms with Gasteiger partial charge in [0.1, 0.15) is 0 Å². The highest BCUT2D eigenvalue weighted by molar-refractivity contribution is 5.86. The van der Waals surface area contributed by atoms with Crippen molar-refractivity contribution in [3.05, 3.63) is 0 Å². The monoisotopic (exact) mass is 270 g/mol. The first kappa shape index (κ1) is 15.9. The lowest BCUT2D eigenvalue weighted by atomic mass is 9.92. The SMILES string of the molecule is CCC(N)(CC)C(=O)N1CCN(CC(=O)NC)CC1. The molecule has 0 atom stereocenters. The molecule has 0 unspecified atom stereocenters. The van der Waals surface area contributed by atoms with Crippen LogP contribution >= 0.6 is 0 Å². The lowest BCUT2D eigenvalue weighted by molar-refractivity contribution is -0.139. The fourth-order valence-electron chi connectivity index (χ4n) is 2.26. The molecular formula is C13H26N4O2. The molecule has 1 fully saturated rings. The molecule has 0 aromatic rings. The van der Waals surface area contributed by atoms with Crippen molar-refractivity contribution in [2.75, 3.05) is 39.8 Å². The third-order valence-electron chi connectivity index (χ3n) is 3.99. The molecule has 0 spiro atoms. The van der Waals surface area contributed by atoms with Gasteiger partial charge in [-0.2, -0.15) is 0 Å². The number of nitrogens with one attached hydrogen (secondary N) is 1. The van der Waals surface area contributed by atoms with Gasteiger partial charge >= 0.3 is 0 Å². The zero-order valence-corrected chi connectivity index (χ0v) is 12.2. The summed E-state index contributed by atoms with van der Waals surface area (Å²) in [6.07, 6.45) is 1.31. The Morgan fingerprint density at radius 2 is 1.68 bits per heavy atom. The lowest BCUT2D eigenvalue weighted by Gasteiger charge is -2.38. The van der Waals surface area contributed by atoms with Crippen LogP contribution in [0.1, 0.15) is 26.7 Å². The van der Waals surface area contributed by atoms with Crippen LogP contribution in [0.25, 0.3) is 0 Å². The number of amides is 2. The van der Waals surface area contributed by atoms with Crippen LogP contribution in [-0.4, -0.2) is 66.9 Å². The van der Waals surface area contributed by atoms with E-state index in [1.807, 2.05) is 18.7 Å². The molecule has 1 aliphatic heterocycles. The Morgan fingerprint density at radius 3 is 2.11 bits per heavy atom. The van der Waals surface area contributed by atoms with Crippen LogP contribution < -0.4 is 11.1 Å². The smallest absolute Gasteiger partial charge is 0.242 e. The molecule has 0 radical (unpaired) electrons. The molecule has 3 N–H and O–H groups in total. The van der Waals surface area contributed by atoms with E-state index in [9.17, 15) is 9.59 Å². The number of carbonyl (C=O) groups is 2. The number of hydrogen-bond donors (Lipinski definition) is 2. The summed E-state index contributed by atoms with van der Waals surface area (Å²) in [4.78, 5) is 27.5. The second-order valence-corrected chi connectivity index (χ2v) is 5.10. The van der Waals surface area contributed by atoms with E-state index >= 15 is 0 Å². The van der Waals surface area contributed by atoms with Crippen molar-refractivity contribution in [3.63, 3.8) is 0 Å². The molecule has 19 heavy (non-hydrogen) atoms. The first-order chi connectivity index (χ1) is 8.96. The summed E-state index contributed by atoms with van der Waals surface area (Å²) in [7, 11) is 1.63. The van der Waals surface area contributed by atoms with Crippen LogP contribution in [0, 0.1) is 0 Å². The normalized spacial score (nSPS) is 17.4. The number of likely N-dealkylation sites (N-methyl/N-ethyl adjacent to an activating group) is 1. The summed E-state index contributed by atoms with van der Waals surface area (Å²) in [5.74, 6) is 0.0483. The zero-order valence-electron chi connectivity index (χ0n) is 12.2. The van der Waals surface area contributed by atoms with Gasteiger partial charge in [-0.1, -0.05) is 13.8 Å². The average molecular weight is 270 g/mol. The van der Waals surface area contributed by atoms with Crippen LogP contribution in [-0.2, 0) is 9.59 Å². The van der Waals surface area contributed by atoms with Crippen molar-refractivity contribution >= 4 is 11.8 Å². The predicted octanol–water partition coefficient (Wildman–Crippen LogP) is -0.606. The Hall–Kier alpha value is -1.14.